The van der Waals surface area contributed by atoms with Gasteiger partial charge in [-0.05, 0) is 45.1 Å². The number of methoxy groups -OCH3 is 1. The highest BCUT2D eigenvalue weighted by molar-refractivity contribution is 5.80. The molecule has 1 aromatic rings. The minimum atomic E-state index is -0.571. The third-order valence-electron chi connectivity index (χ3n) is 3.56. The maximum Gasteiger partial charge on any atom is 0.325 e. The maximum atomic E-state index is 11.9. The highest BCUT2D eigenvalue weighted by Gasteiger charge is 2.38. The molecular weight excluding hydrogens is 242 g/mol. The Bertz CT molecular complexity index is 440. The van der Waals surface area contributed by atoms with Gasteiger partial charge in [-0.15, -0.1) is 0 Å². The van der Waals surface area contributed by atoms with Crippen LogP contribution in [0.4, 0.5) is 0 Å². The van der Waals surface area contributed by atoms with E-state index in [1.165, 1.54) is 7.11 Å². The van der Waals surface area contributed by atoms with Crippen LogP contribution in [0.5, 0.6) is 0 Å². The third-order valence-corrected chi connectivity index (χ3v) is 3.56. The number of carbonyl (C=O) groups excluding carboxylic acids is 1. The van der Waals surface area contributed by atoms with E-state index in [-0.39, 0.29) is 5.97 Å². The topological polar surface area (TPSA) is 56.2 Å². The van der Waals surface area contributed by atoms with Gasteiger partial charge < -0.3 is 4.74 Å². The third kappa shape index (κ3) is 3.80. The second-order valence-electron chi connectivity index (χ2n) is 5.63. The summed E-state index contributed by atoms with van der Waals surface area (Å²) < 4.78 is 6.85. The van der Waals surface area contributed by atoms with Crippen LogP contribution in [0.2, 0.25) is 0 Å². The molecule has 1 atom stereocenters. The number of nitrogens with one attached hydrogen (secondary N) is 1. The molecule has 1 aromatic heterocycles. The zero-order valence-electron chi connectivity index (χ0n) is 12.0. The number of ether oxygens (including phenoxy) is 1. The number of aromatic nitrogens is 2. The Labute approximate surface area is 114 Å². The normalized spacial score (nSPS) is 18.1. The van der Waals surface area contributed by atoms with Gasteiger partial charge in [0.1, 0.15) is 5.54 Å². The summed E-state index contributed by atoms with van der Waals surface area (Å²) in [6.45, 7) is 4.79. The zero-order valence-corrected chi connectivity index (χ0v) is 12.0. The summed E-state index contributed by atoms with van der Waals surface area (Å²) in [6.07, 6.45) is 7.84. The number of esters is 1. The smallest absolute Gasteiger partial charge is 0.325 e. The van der Waals surface area contributed by atoms with Gasteiger partial charge in [0.15, 0.2) is 0 Å². The van der Waals surface area contributed by atoms with Gasteiger partial charge in [0.25, 0.3) is 0 Å². The molecule has 0 bridgehead atoms. The molecule has 1 heterocycles. The van der Waals surface area contributed by atoms with Crippen LogP contribution in [-0.2, 0) is 16.1 Å². The van der Waals surface area contributed by atoms with Crippen molar-refractivity contribution in [2.45, 2.75) is 57.7 Å². The fraction of sp³-hybridized carbons (Fsp3) is 0.714. The van der Waals surface area contributed by atoms with Crippen LogP contribution in [0, 0.1) is 6.92 Å². The van der Waals surface area contributed by atoms with Crippen molar-refractivity contribution in [1.29, 1.82) is 0 Å². The van der Waals surface area contributed by atoms with Crippen LogP contribution in [0.25, 0.3) is 0 Å². The highest BCUT2D eigenvalue weighted by Crippen LogP contribution is 2.25. The summed E-state index contributed by atoms with van der Waals surface area (Å²) in [6, 6.07) is 0.482. The molecule has 1 aliphatic carbocycles. The summed E-state index contributed by atoms with van der Waals surface area (Å²) in [7, 11) is 1.45. The van der Waals surface area contributed by atoms with Crippen molar-refractivity contribution >= 4 is 5.97 Å². The molecule has 1 fully saturated rings. The Kier molecular flexibility index (Phi) is 4.24. The second kappa shape index (κ2) is 5.74. The lowest BCUT2D eigenvalue weighted by molar-refractivity contribution is -0.148. The molecule has 5 nitrogen and oxygen atoms in total. The first kappa shape index (κ1) is 14.1. The van der Waals surface area contributed by atoms with Crippen molar-refractivity contribution in [3.63, 3.8) is 0 Å². The molecule has 0 radical (unpaired) electrons. The lowest BCUT2D eigenvalue weighted by atomic mass is 9.95. The van der Waals surface area contributed by atoms with E-state index in [9.17, 15) is 4.79 Å². The van der Waals surface area contributed by atoms with Crippen molar-refractivity contribution in [2.24, 2.45) is 0 Å². The van der Waals surface area contributed by atoms with Crippen molar-refractivity contribution in [3.8, 4) is 0 Å². The lowest BCUT2D eigenvalue weighted by Gasteiger charge is -2.28. The largest absolute Gasteiger partial charge is 0.468 e. The molecule has 19 heavy (non-hydrogen) atoms. The quantitative estimate of drug-likeness (QED) is 0.762. The molecule has 106 valence electrons. The van der Waals surface area contributed by atoms with Crippen LogP contribution >= 0.6 is 0 Å². The summed E-state index contributed by atoms with van der Waals surface area (Å²) in [5, 5.41) is 7.66. The Morgan fingerprint density at radius 1 is 1.63 bits per heavy atom. The van der Waals surface area contributed by atoms with Crippen molar-refractivity contribution in [3.05, 3.63) is 18.0 Å². The van der Waals surface area contributed by atoms with Gasteiger partial charge in [0.2, 0.25) is 0 Å². The fourth-order valence-corrected chi connectivity index (χ4v) is 2.32. The maximum absolute atomic E-state index is 11.9. The van der Waals surface area contributed by atoms with Crippen molar-refractivity contribution in [2.75, 3.05) is 7.11 Å². The van der Waals surface area contributed by atoms with Crippen molar-refractivity contribution < 1.29 is 9.53 Å². The monoisotopic (exact) mass is 265 g/mol. The number of aryl methyl sites for hydroxylation is 2. The molecule has 5 heteroatoms. The predicted octanol–water partition coefficient (Wildman–Crippen LogP) is 1.66. The molecule has 0 saturated heterocycles. The first-order valence-corrected chi connectivity index (χ1v) is 6.89. The molecule has 0 aromatic carbocycles. The molecule has 1 N–H and O–H groups in total. The van der Waals surface area contributed by atoms with Gasteiger partial charge in [-0.2, -0.15) is 5.10 Å². The number of nitrogens with zero attached hydrogens (tertiary/aromatic N) is 2. The van der Waals surface area contributed by atoms with E-state index in [2.05, 4.69) is 10.4 Å². The minimum Gasteiger partial charge on any atom is -0.468 e. The summed E-state index contributed by atoms with van der Waals surface area (Å²) in [5.74, 6) is -0.170. The van der Waals surface area contributed by atoms with E-state index in [0.717, 1.165) is 37.8 Å². The Morgan fingerprint density at radius 2 is 2.37 bits per heavy atom. The van der Waals surface area contributed by atoms with Crippen LogP contribution in [0.15, 0.2) is 12.4 Å². The first-order valence-electron chi connectivity index (χ1n) is 6.89. The van der Waals surface area contributed by atoms with Crippen molar-refractivity contribution in [1.82, 2.24) is 15.1 Å². The van der Waals surface area contributed by atoms with Gasteiger partial charge in [-0.25, -0.2) is 0 Å². The number of hydrogen-bond donors (Lipinski definition) is 1. The predicted molar refractivity (Wildman–Crippen MR) is 72.8 cm³/mol. The van der Waals surface area contributed by atoms with E-state index < -0.39 is 5.54 Å². The van der Waals surface area contributed by atoms with Crippen LogP contribution in [0.1, 0.15) is 38.2 Å². The Hall–Kier alpha value is -1.36. The Balaban J connectivity index is 1.86. The van der Waals surface area contributed by atoms with Crippen LogP contribution in [0.3, 0.4) is 0 Å². The van der Waals surface area contributed by atoms with Gasteiger partial charge in [-0.3, -0.25) is 14.8 Å². The molecular formula is C14H23N3O2. The van der Waals surface area contributed by atoms with E-state index in [0.29, 0.717) is 6.04 Å². The van der Waals surface area contributed by atoms with E-state index in [1.807, 2.05) is 30.9 Å². The first-order chi connectivity index (χ1) is 9.03. The van der Waals surface area contributed by atoms with Gasteiger partial charge in [0, 0.05) is 18.8 Å². The molecule has 1 unspecified atom stereocenters. The van der Waals surface area contributed by atoms with Gasteiger partial charge >= 0.3 is 5.97 Å². The standard InChI is InChI=1S/C14H23N3O2/c1-11-9-15-17(10-11)8-4-7-14(2,13(18)19-3)16-12-5-6-12/h9-10,12,16H,4-8H2,1-3H3. The SMILES string of the molecule is COC(=O)C(C)(CCCn1cc(C)cn1)NC1CC1. The highest BCUT2D eigenvalue weighted by atomic mass is 16.5. The molecule has 2 rings (SSSR count). The lowest BCUT2D eigenvalue weighted by Crippen LogP contribution is -2.51. The van der Waals surface area contributed by atoms with E-state index in [4.69, 9.17) is 4.74 Å². The second-order valence-corrected chi connectivity index (χ2v) is 5.63. The molecule has 0 aliphatic heterocycles. The van der Waals surface area contributed by atoms with Crippen LogP contribution in [-0.4, -0.2) is 34.4 Å². The van der Waals surface area contributed by atoms with Gasteiger partial charge in [-0.1, -0.05) is 0 Å². The molecule has 1 aliphatic rings. The van der Waals surface area contributed by atoms with Crippen LogP contribution < -0.4 is 5.32 Å². The number of hydrogen-bond acceptors (Lipinski definition) is 4. The molecule has 1 saturated carbocycles. The van der Waals surface area contributed by atoms with E-state index in [1.54, 1.807) is 0 Å². The molecule has 0 amide bonds. The van der Waals surface area contributed by atoms with E-state index >= 15 is 0 Å². The summed E-state index contributed by atoms with van der Waals surface area (Å²) in [4.78, 5) is 11.9. The molecule has 0 spiro atoms. The fourth-order valence-electron chi connectivity index (χ4n) is 2.32. The zero-order chi connectivity index (χ0) is 13.9. The summed E-state index contributed by atoms with van der Waals surface area (Å²) >= 11 is 0. The number of rotatable bonds is 7. The summed E-state index contributed by atoms with van der Waals surface area (Å²) in [5.41, 5.74) is 0.588. The minimum absolute atomic E-state index is 0.170. The Morgan fingerprint density at radius 3 is 2.89 bits per heavy atom. The average Bonchev–Trinajstić information content (AvgIpc) is 3.09. The number of carbonyl (C=O) groups is 1. The average molecular weight is 265 g/mol. The van der Waals surface area contributed by atoms with Gasteiger partial charge in [0.05, 0.1) is 13.3 Å².